The molecule has 2 aromatic heterocycles. The van der Waals surface area contributed by atoms with Gasteiger partial charge in [0.15, 0.2) is 17.0 Å². The summed E-state index contributed by atoms with van der Waals surface area (Å²) in [4.78, 5) is 14.3. The number of imidazole rings is 1. The summed E-state index contributed by atoms with van der Waals surface area (Å²) >= 11 is 6.42. The van der Waals surface area contributed by atoms with Crippen molar-refractivity contribution in [1.82, 2.24) is 19.5 Å². The Morgan fingerprint density at radius 1 is 1.03 bits per heavy atom. The van der Waals surface area contributed by atoms with Crippen LogP contribution in [0.15, 0.2) is 30.6 Å². The quantitative estimate of drug-likeness (QED) is 0.400. The van der Waals surface area contributed by atoms with Crippen LogP contribution in [0.1, 0.15) is 57.4 Å². The number of nitrogens with one attached hydrogen (secondary N) is 1. The summed E-state index contributed by atoms with van der Waals surface area (Å²) < 4.78 is 2.19. The summed E-state index contributed by atoms with van der Waals surface area (Å²) in [6.07, 6.45) is 10.7. The van der Waals surface area contributed by atoms with Crippen molar-refractivity contribution in [2.75, 3.05) is 10.3 Å². The van der Waals surface area contributed by atoms with E-state index in [4.69, 9.17) is 33.1 Å². The molecule has 5 rings (SSSR count). The minimum atomic E-state index is 0.292. The maximum Gasteiger partial charge on any atom is 0.227 e. The number of fused-ring (bicyclic) bond motifs is 1. The van der Waals surface area contributed by atoms with Crippen LogP contribution in [0, 0.1) is 0 Å². The molecule has 2 fully saturated rings. The number of anilines is 3. The molecule has 164 valence electrons. The second-order valence-corrected chi connectivity index (χ2v) is 9.12. The molecule has 2 aliphatic rings. The molecule has 0 bridgehead atoms. The van der Waals surface area contributed by atoms with Crippen molar-refractivity contribution < 1.29 is 0 Å². The molecule has 9 heteroatoms. The summed E-state index contributed by atoms with van der Waals surface area (Å²) in [6, 6.07) is 8.49. The number of para-hydroxylation sites is 1. The Labute approximate surface area is 187 Å². The first-order valence-electron chi connectivity index (χ1n) is 11.2. The fourth-order valence-corrected chi connectivity index (χ4v) is 5.02. The van der Waals surface area contributed by atoms with Gasteiger partial charge in [-0.3, -0.25) is 5.01 Å². The summed E-state index contributed by atoms with van der Waals surface area (Å²) in [5.74, 6) is 7.65. The van der Waals surface area contributed by atoms with Gasteiger partial charge in [-0.15, -0.1) is 0 Å². The zero-order chi connectivity index (χ0) is 21.4. The summed E-state index contributed by atoms with van der Waals surface area (Å²) in [7, 11) is 0. The lowest BCUT2D eigenvalue weighted by atomic mass is 9.92. The van der Waals surface area contributed by atoms with Gasteiger partial charge < -0.3 is 15.6 Å². The summed E-state index contributed by atoms with van der Waals surface area (Å²) in [5.41, 5.74) is 8.25. The van der Waals surface area contributed by atoms with E-state index in [0.29, 0.717) is 46.1 Å². The number of hydrogen-bond donors (Lipinski definition) is 3. The Balaban J connectivity index is 1.56. The maximum absolute atomic E-state index is 6.53. The van der Waals surface area contributed by atoms with Crippen molar-refractivity contribution in [3.8, 4) is 0 Å². The van der Waals surface area contributed by atoms with Crippen molar-refractivity contribution in [2.24, 2.45) is 11.6 Å². The van der Waals surface area contributed by atoms with Gasteiger partial charge in [-0.1, -0.05) is 36.6 Å². The van der Waals surface area contributed by atoms with Crippen molar-refractivity contribution >= 4 is 40.2 Å². The van der Waals surface area contributed by atoms with E-state index >= 15 is 0 Å². The van der Waals surface area contributed by atoms with Crippen molar-refractivity contribution in [1.29, 1.82) is 0 Å². The van der Waals surface area contributed by atoms with Gasteiger partial charge in [0.25, 0.3) is 0 Å². The Hall–Kier alpha value is -2.42. The molecule has 2 saturated carbocycles. The van der Waals surface area contributed by atoms with E-state index in [1.165, 1.54) is 17.9 Å². The molecule has 2 aliphatic carbocycles. The first-order chi connectivity index (χ1) is 15.1. The molecule has 8 nitrogen and oxygen atoms in total. The van der Waals surface area contributed by atoms with Crippen LogP contribution < -0.4 is 21.9 Å². The second-order valence-electron chi connectivity index (χ2n) is 8.71. The van der Waals surface area contributed by atoms with E-state index in [1.807, 2.05) is 30.6 Å². The van der Waals surface area contributed by atoms with E-state index in [0.717, 1.165) is 44.2 Å². The first kappa shape index (κ1) is 20.5. The van der Waals surface area contributed by atoms with E-state index in [2.05, 4.69) is 14.9 Å². The van der Waals surface area contributed by atoms with Crippen molar-refractivity contribution in [3.63, 3.8) is 0 Å². The van der Waals surface area contributed by atoms with Crippen LogP contribution in [0.2, 0.25) is 5.02 Å². The third kappa shape index (κ3) is 4.07. The largest absolute Gasteiger partial charge is 0.351 e. The molecule has 0 radical (unpaired) electrons. The predicted octanol–water partition coefficient (Wildman–Crippen LogP) is 4.29. The summed E-state index contributed by atoms with van der Waals surface area (Å²) in [6.45, 7) is 0. The van der Waals surface area contributed by atoms with Gasteiger partial charge in [-0.05, 0) is 50.7 Å². The normalized spacial score (nSPS) is 22.2. The van der Waals surface area contributed by atoms with Crippen LogP contribution in [-0.4, -0.2) is 31.6 Å². The highest BCUT2D eigenvalue weighted by atomic mass is 35.5. The lowest BCUT2D eigenvalue weighted by molar-refractivity contribution is 0.410. The van der Waals surface area contributed by atoms with Gasteiger partial charge >= 0.3 is 0 Å². The predicted molar refractivity (Wildman–Crippen MR) is 124 cm³/mol. The molecule has 0 amide bonds. The standard InChI is InChI=1S/C22H29ClN8/c23-17-7-3-4-8-18(17)31(25)21-19-20(30(13-26-19)16-5-1-2-6-16)28-22(29-21)27-15-11-9-14(24)10-12-15/h3-4,7-8,13-16H,1-2,5-6,9-12,24-25H2,(H,27,28,29). The number of benzene rings is 1. The molecule has 2 heterocycles. The number of hydrogen-bond acceptors (Lipinski definition) is 7. The number of halogens is 1. The topological polar surface area (TPSA) is 111 Å². The SMILES string of the molecule is NC1CCC(Nc2nc(N(N)c3ccccc3Cl)c3ncn(C4CCCC4)c3n2)CC1. The number of nitrogens with two attached hydrogens (primary N) is 2. The fraction of sp³-hybridized carbons (Fsp3) is 0.500. The highest BCUT2D eigenvalue weighted by Crippen LogP contribution is 2.36. The highest BCUT2D eigenvalue weighted by Gasteiger charge is 2.25. The molecular weight excluding hydrogens is 412 g/mol. The van der Waals surface area contributed by atoms with Gasteiger partial charge in [0, 0.05) is 18.1 Å². The Morgan fingerprint density at radius 3 is 2.52 bits per heavy atom. The van der Waals surface area contributed by atoms with Crippen molar-refractivity contribution in [3.05, 3.63) is 35.6 Å². The highest BCUT2D eigenvalue weighted by molar-refractivity contribution is 6.33. The molecule has 0 saturated heterocycles. The van der Waals surface area contributed by atoms with Crippen molar-refractivity contribution in [2.45, 2.75) is 69.5 Å². The lowest BCUT2D eigenvalue weighted by Crippen LogP contribution is -2.33. The van der Waals surface area contributed by atoms with Crippen LogP contribution in [0.4, 0.5) is 17.5 Å². The van der Waals surface area contributed by atoms with E-state index in [9.17, 15) is 0 Å². The van der Waals surface area contributed by atoms with Gasteiger partial charge in [-0.2, -0.15) is 9.97 Å². The molecule has 1 aromatic carbocycles. The lowest BCUT2D eigenvalue weighted by Gasteiger charge is -2.27. The fourth-order valence-electron chi connectivity index (χ4n) is 4.79. The molecule has 0 unspecified atom stereocenters. The monoisotopic (exact) mass is 440 g/mol. The Kier molecular flexibility index (Phi) is 5.69. The minimum absolute atomic E-state index is 0.292. The van der Waals surface area contributed by atoms with Crippen LogP contribution in [0.3, 0.4) is 0 Å². The molecule has 31 heavy (non-hydrogen) atoms. The Bertz CT molecular complexity index is 1050. The second kappa shape index (κ2) is 8.61. The zero-order valence-electron chi connectivity index (χ0n) is 17.5. The Morgan fingerprint density at radius 2 is 1.77 bits per heavy atom. The van der Waals surface area contributed by atoms with E-state index in [1.54, 1.807) is 0 Å². The molecule has 0 atom stereocenters. The molecule has 0 aliphatic heterocycles. The van der Waals surface area contributed by atoms with Crippen LogP contribution in [0.5, 0.6) is 0 Å². The third-order valence-electron chi connectivity index (χ3n) is 6.57. The zero-order valence-corrected chi connectivity index (χ0v) is 18.3. The smallest absolute Gasteiger partial charge is 0.227 e. The van der Waals surface area contributed by atoms with Gasteiger partial charge in [-0.25, -0.2) is 10.8 Å². The van der Waals surface area contributed by atoms with Crippen LogP contribution in [0.25, 0.3) is 11.2 Å². The number of aromatic nitrogens is 4. The van der Waals surface area contributed by atoms with Gasteiger partial charge in [0.1, 0.15) is 0 Å². The van der Waals surface area contributed by atoms with E-state index < -0.39 is 0 Å². The molecule has 3 aromatic rings. The first-order valence-corrected chi connectivity index (χ1v) is 11.5. The average Bonchev–Trinajstić information content (AvgIpc) is 3.44. The van der Waals surface area contributed by atoms with Crippen LogP contribution in [-0.2, 0) is 0 Å². The third-order valence-corrected chi connectivity index (χ3v) is 6.89. The van der Waals surface area contributed by atoms with E-state index in [-0.39, 0.29) is 0 Å². The summed E-state index contributed by atoms with van der Waals surface area (Å²) in [5, 5.41) is 5.60. The maximum atomic E-state index is 6.53. The van der Waals surface area contributed by atoms with Crippen LogP contribution >= 0.6 is 11.6 Å². The number of hydrazine groups is 1. The number of rotatable bonds is 5. The number of nitrogens with zero attached hydrogens (tertiary/aromatic N) is 5. The van der Waals surface area contributed by atoms with Gasteiger partial charge in [0.2, 0.25) is 5.95 Å². The molecular formula is C22H29ClN8. The minimum Gasteiger partial charge on any atom is -0.351 e. The van der Waals surface area contributed by atoms with Gasteiger partial charge in [0.05, 0.1) is 17.0 Å². The molecule has 5 N–H and O–H groups in total. The molecule has 0 spiro atoms. The average molecular weight is 441 g/mol.